The Morgan fingerprint density at radius 1 is 0.966 bits per heavy atom. The molecule has 0 radical (unpaired) electrons. The molecule has 0 atom stereocenters. The number of nitrogens with one attached hydrogen (secondary N) is 1. The summed E-state index contributed by atoms with van der Waals surface area (Å²) in [5, 5.41) is 2.76. The third kappa shape index (κ3) is 2.78. The minimum absolute atomic E-state index is 0.118. The smallest absolute Gasteiger partial charge is 0.284 e. The molecule has 2 aliphatic heterocycles. The number of rotatable bonds is 3. The molecule has 3 heterocycles. The van der Waals surface area contributed by atoms with E-state index in [1.165, 1.54) is 6.20 Å². The summed E-state index contributed by atoms with van der Waals surface area (Å²) >= 11 is 0. The van der Waals surface area contributed by atoms with Gasteiger partial charge in [0.15, 0.2) is 11.5 Å². The number of fused-ring (bicyclic) bond motifs is 2. The number of aromatic nitrogens is 1. The fourth-order valence-corrected chi connectivity index (χ4v) is 3.27. The van der Waals surface area contributed by atoms with Crippen LogP contribution in [0.4, 0.5) is 11.4 Å². The van der Waals surface area contributed by atoms with Crippen molar-refractivity contribution in [2.24, 2.45) is 0 Å². The Kier molecular flexibility index (Phi) is 3.77. The van der Waals surface area contributed by atoms with Crippen LogP contribution < -0.4 is 19.7 Å². The first-order valence-electron chi connectivity index (χ1n) is 8.77. The van der Waals surface area contributed by atoms with Crippen LogP contribution in [-0.2, 0) is 0 Å². The van der Waals surface area contributed by atoms with E-state index in [1.54, 1.807) is 54.6 Å². The lowest BCUT2D eigenvalue weighted by molar-refractivity contribution is 0.0923. The summed E-state index contributed by atoms with van der Waals surface area (Å²) in [6.07, 6.45) is 1.47. The second kappa shape index (κ2) is 6.45. The highest BCUT2D eigenvalue weighted by Crippen LogP contribution is 2.33. The molecule has 5 rings (SSSR count). The summed E-state index contributed by atoms with van der Waals surface area (Å²) in [7, 11) is 0. The summed E-state index contributed by atoms with van der Waals surface area (Å²) < 4.78 is 10.5. The quantitative estimate of drug-likeness (QED) is 0.694. The molecule has 8 heteroatoms. The number of nitrogens with zero attached hydrogens (tertiary/aromatic N) is 2. The largest absolute Gasteiger partial charge is 0.454 e. The maximum absolute atomic E-state index is 12.6. The van der Waals surface area contributed by atoms with Gasteiger partial charge in [0.1, 0.15) is 5.69 Å². The molecule has 142 valence electrons. The van der Waals surface area contributed by atoms with Crippen molar-refractivity contribution in [3.8, 4) is 11.5 Å². The highest BCUT2D eigenvalue weighted by molar-refractivity contribution is 6.33. The second-order valence-electron chi connectivity index (χ2n) is 6.42. The average molecular weight is 387 g/mol. The molecule has 2 aliphatic rings. The van der Waals surface area contributed by atoms with Crippen LogP contribution in [0.2, 0.25) is 0 Å². The SMILES string of the molecule is O=C(Nc1cccc(N2C(=O)c3cccnc3C2=O)c1)c1ccc2c(c1)OCO2. The first-order chi connectivity index (χ1) is 14.1. The zero-order valence-corrected chi connectivity index (χ0v) is 14.9. The van der Waals surface area contributed by atoms with Crippen LogP contribution >= 0.6 is 0 Å². The van der Waals surface area contributed by atoms with Crippen molar-refractivity contribution in [3.63, 3.8) is 0 Å². The minimum atomic E-state index is -0.496. The van der Waals surface area contributed by atoms with Crippen molar-refractivity contribution >= 4 is 29.1 Å². The van der Waals surface area contributed by atoms with Crippen molar-refractivity contribution in [2.45, 2.75) is 0 Å². The van der Waals surface area contributed by atoms with Crippen molar-refractivity contribution in [1.82, 2.24) is 4.98 Å². The number of imide groups is 1. The number of pyridine rings is 1. The van der Waals surface area contributed by atoms with Gasteiger partial charge in [-0.2, -0.15) is 0 Å². The van der Waals surface area contributed by atoms with Gasteiger partial charge in [-0.1, -0.05) is 6.07 Å². The molecule has 0 bridgehead atoms. The van der Waals surface area contributed by atoms with Crippen LogP contribution in [-0.4, -0.2) is 29.5 Å². The average Bonchev–Trinajstić information content (AvgIpc) is 3.31. The minimum Gasteiger partial charge on any atom is -0.454 e. The Morgan fingerprint density at radius 3 is 2.69 bits per heavy atom. The van der Waals surface area contributed by atoms with Gasteiger partial charge >= 0.3 is 0 Å². The lowest BCUT2D eigenvalue weighted by atomic mass is 10.1. The van der Waals surface area contributed by atoms with E-state index in [0.717, 1.165) is 4.90 Å². The molecule has 0 fully saturated rings. The Balaban J connectivity index is 1.40. The molecule has 29 heavy (non-hydrogen) atoms. The zero-order chi connectivity index (χ0) is 20.0. The molecule has 0 spiro atoms. The normalized spacial score (nSPS) is 14.1. The predicted octanol–water partition coefficient (Wildman–Crippen LogP) is 2.86. The van der Waals surface area contributed by atoms with Gasteiger partial charge in [0.2, 0.25) is 6.79 Å². The monoisotopic (exact) mass is 387 g/mol. The summed E-state index contributed by atoms with van der Waals surface area (Å²) in [6.45, 7) is 0.123. The summed E-state index contributed by atoms with van der Waals surface area (Å²) in [4.78, 5) is 42.9. The molecule has 2 aromatic carbocycles. The van der Waals surface area contributed by atoms with Crippen molar-refractivity contribution in [3.05, 3.63) is 77.6 Å². The standard InChI is InChI=1S/C21H13N3O5/c25-19(12-6-7-16-17(9-12)29-11-28-16)23-13-3-1-4-14(10-13)24-20(26)15-5-2-8-22-18(15)21(24)27/h1-10H,11H2,(H,23,25). The molecule has 1 N–H and O–H groups in total. The highest BCUT2D eigenvalue weighted by atomic mass is 16.7. The first kappa shape index (κ1) is 16.9. The van der Waals surface area contributed by atoms with E-state index in [0.29, 0.717) is 28.4 Å². The second-order valence-corrected chi connectivity index (χ2v) is 6.42. The van der Waals surface area contributed by atoms with Gasteiger partial charge in [0.25, 0.3) is 17.7 Å². The van der Waals surface area contributed by atoms with E-state index < -0.39 is 11.8 Å². The van der Waals surface area contributed by atoms with Gasteiger partial charge in [0, 0.05) is 17.4 Å². The molecule has 1 aromatic heterocycles. The lowest BCUT2D eigenvalue weighted by Gasteiger charge is -2.15. The number of ether oxygens (including phenoxy) is 2. The third-order valence-corrected chi connectivity index (χ3v) is 4.64. The van der Waals surface area contributed by atoms with Crippen LogP contribution in [0.15, 0.2) is 60.8 Å². The molecule has 8 nitrogen and oxygen atoms in total. The molecule has 0 saturated heterocycles. The van der Waals surface area contributed by atoms with E-state index >= 15 is 0 Å². The summed E-state index contributed by atoms with van der Waals surface area (Å²) in [5.74, 6) is -0.209. The summed E-state index contributed by atoms with van der Waals surface area (Å²) in [5.41, 5.74) is 1.56. The van der Waals surface area contributed by atoms with E-state index in [-0.39, 0.29) is 24.0 Å². The fraction of sp³-hybridized carbons (Fsp3) is 0.0476. The van der Waals surface area contributed by atoms with Crippen molar-refractivity contribution in [1.29, 1.82) is 0 Å². The number of carbonyl (C=O) groups is 3. The van der Waals surface area contributed by atoms with Gasteiger partial charge in [-0.3, -0.25) is 19.4 Å². The Bertz CT molecular complexity index is 1160. The van der Waals surface area contributed by atoms with Crippen LogP contribution in [0.25, 0.3) is 0 Å². The van der Waals surface area contributed by atoms with E-state index in [4.69, 9.17) is 9.47 Å². The fourth-order valence-electron chi connectivity index (χ4n) is 3.27. The van der Waals surface area contributed by atoms with Gasteiger partial charge in [-0.25, -0.2) is 4.90 Å². The number of hydrogen-bond donors (Lipinski definition) is 1. The molecule has 0 unspecified atom stereocenters. The molecule has 3 amide bonds. The number of carbonyl (C=O) groups excluding carboxylic acids is 3. The molecular weight excluding hydrogens is 374 g/mol. The molecule has 3 aromatic rings. The van der Waals surface area contributed by atoms with Crippen molar-refractivity contribution in [2.75, 3.05) is 17.0 Å². The Hall–Kier alpha value is -4.20. The van der Waals surface area contributed by atoms with Crippen LogP contribution in [0.5, 0.6) is 11.5 Å². The number of benzene rings is 2. The van der Waals surface area contributed by atoms with Crippen LogP contribution in [0, 0.1) is 0 Å². The van der Waals surface area contributed by atoms with Crippen molar-refractivity contribution < 1.29 is 23.9 Å². The molecular formula is C21H13N3O5. The highest BCUT2D eigenvalue weighted by Gasteiger charge is 2.37. The van der Waals surface area contributed by atoms with Gasteiger partial charge < -0.3 is 14.8 Å². The summed E-state index contributed by atoms with van der Waals surface area (Å²) in [6, 6.07) is 14.6. The maximum atomic E-state index is 12.6. The van der Waals surface area contributed by atoms with Crippen LogP contribution in [0.1, 0.15) is 31.2 Å². The van der Waals surface area contributed by atoms with Gasteiger partial charge in [-0.15, -0.1) is 0 Å². The van der Waals surface area contributed by atoms with E-state index in [1.807, 2.05) is 0 Å². The maximum Gasteiger partial charge on any atom is 0.284 e. The topological polar surface area (TPSA) is 97.8 Å². The van der Waals surface area contributed by atoms with Crippen LogP contribution in [0.3, 0.4) is 0 Å². The Labute approximate surface area is 164 Å². The predicted molar refractivity (Wildman–Crippen MR) is 102 cm³/mol. The Morgan fingerprint density at radius 2 is 1.83 bits per heavy atom. The number of amides is 3. The van der Waals surface area contributed by atoms with E-state index in [2.05, 4.69) is 10.3 Å². The zero-order valence-electron chi connectivity index (χ0n) is 14.9. The lowest BCUT2D eigenvalue weighted by Crippen LogP contribution is -2.29. The third-order valence-electron chi connectivity index (χ3n) is 4.64. The van der Waals surface area contributed by atoms with E-state index in [9.17, 15) is 14.4 Å². The number of anilines is 2. The molecule has 0 saturated carbocycles. The van der Waals surface area contributed by atoms with Gasteiger partial charge in [0.05, 0.1) is 11.3 Å². The molecule has 0 aliphatic carbocycles. The number of hydrogen-bond acceptors (Lipinski definition) is 6. The first-order valence-corrected chi connectivity index (χ1v) is 8.77. The van der Waals surface area contributed by atoms with Gasteiger partial charge in [-0.05, 0) is 48.5 Å².